The highest BCUT2D eigenvalue weighted by molar-refractivity contribution is 5.41. The van der Waals surface area contributed by atoms with E-state index in [0.717, 1.165) is 11.6 Å². The van der Waals surface area contributed by atoms with E-state index < -0.39 is 11.6 Å². The van der Waals surface area contributed by atoms with E-state index in [9.17, 15) is 8.78 Å². The lowest BCUT2D eigenvalue weighted by Gasteiger charge is -2.09. The van der Waals surface area contributed by atoms with Gasteiger partial charge in [0, 0.05) is 11.1 Å². The molecular formula is C13H12F2N2O. The van der Waals surface area contributed by atoms with Crippen LogP contribution in [-0.2, 0) is 6.61 Å². The summed E-state index contributed by atoms with van der Waals surface area (Å²) in [5.41, 5.74) is 6.96. The molecule has 2 aromatic rings. The van der Waals surface area contributed by atoms with Gasteiger partial charge < -0.3 is 10.5 Å². The zero-order chi connectivity index (χ0) is 13.1. The molecule has 1 aromatic heterocycles. The summed E-state index contributed by atoms with van der Waals surface area (Å²) in [5.74, 6) is -1.43. The highest BCUT2D eigenvalue weighted by atomic mass is 19.2. The van der Waals surface area contributed by atoms with Crippen molar-refractivity contribution in [3.63, 3.8) is 0 Å². The Balaban J connectivity index is 2.14. The van der Waals surface area contributed by atoms with Gasteiger partial charge in [0.1, 0.15) is 6.61 Å². The van der Waals surface area contributed by atoms with Crippen molar-refractivity contribution in [2.45, 2.75) is 13.5 Å². The molecule has 0 atom stereocenters. The van der Waals surface area contributed by atoms with Crippen LogP contribution in [0.2, 0.25) is 0 Å². The van der Waals surface area contributed by atoms with E-state index >= 15 is 0 Å². The third kappa shape index (κ3) is 2.56. The molecule has 0 aliphatic carbocycles. The van der Waals surface area contributed by atoms with E-state index in [-0.39, 0.29) is 12.2 Å². The molecule has 0 radical (unpaired) electrons. The fraction of sp³-hybridized carbons (Fsp3) is 0.154. The predicted molar refractivity (Wildman–Crippen MR) is 64.1 cm³/mol. The topological polar surface area (TPSA) is 48.1 Å². The van der Waals surface area contributed by atoms with Gasteiger partial charge in [0.15, 0.2) is 11.6 Å². The van der Waals surface area contributed by atoms with Gasteiger partial charge in [-0.25, -0.2) is 13.8 Å². The number of pyridine rings is 1. The molecule has 3 nitrogen and oxygen atoms in total. The molecular weight excluding hydrogens is 238 g/mol. The summed E-state index contributed by atoms with van der Waals surface area (Å²) >= 11 is 0. The minimum atomic E-state index is -0.898. The number of rotatable bonds is 3. The normalized spacial score (nSPS) is 10.4. The second-order valence-electron chi connectivity index (χ2n) is 3.89. The standard InChI is InChI=1S/C13H12F2N2O/c1-8-5-10(16)6-17-13(8)18-7-9-3-2-4-11(14)12(9)15/h2-6H,7,16H2,1H3. The van der Waals surface area contributed by atoms with Crippen LogP contribution in [0.25, 0.3) is 0 Å². The average Bonchev–Trinajstić information content (AvgIpc) is 2.33. The maximum absolute atomic E-state index is 13.4. The van der Waals surface area contributed by atoms with Gasteiger partial charge in [0.05, 0.1) is 11.9 Å². The highest BCUT2D eigenvalue weighted by Crippen LogP contribution is 2.19. The van der Waals surface area contributed by atoms with E-state index in [4.69, 9.17) is 10.5 Å². The Morgan fingerprint density at radius 2 is 2.11 bits per heavy atom. The molecule has 0 spiro atoms. The SMILES string of the molecule is Cc1cc(N)cnc1OCc1cccc(F)c1F. The largest absolute Gasteiger partial charge is 0.472 e. The average molecular weight is 250 g/mol. The molecule has 18 heavy (non-hydrogen) atoms. The number of hydrogen-bond donors (Lipinski definition) is 1. The lowest BCUT2D eigenvalue weighted by Crippen LogP contribution is -2.03. The van der Waals surface area contributed by atoms with Crippen molar-refractivity contribution >= 4 is 5.69 Å². The number of nitrogens with zero attached hydrogens (tertiary/aromatic N) is 1. The molecule has 0 fully saturated rings. The van der Waals surface area contributed by atoms with E-state index in [1.54, 1.807) is 13.0 Å². The Morgan fingerprint density at radius 1 is 1.33 bits per heavy atom. The zero-order valence-electron chi connectivity index (χ0n) is 9.78. The summed E-state index contributed by atoms with van der Waals surface area (Å²) < 4.78 is 31.7. The van der Waals surface area contributed by atoms with Gasteiger partial charge in [-0.3, -0.25) is 0 Å². The van der Waals surface area contributed by atoms with Crippen molar-refractivity contribution in [3.8, 4) is 5.88 Å². The lowest BCUT2D eigenvalue weighted by atomic mass is 10.2. The predicted octanol–water partition coefficient (Wildman–Crippen LogP) is 2.83. The van der Waals surface area contributed by atoms with Gasteiger partial charge in [0.25, 0.3) is 0 Å². The third-order valence-corrected chi connectivity index (χ3v) is 2.45. The van der Waals surface area contributed by atoms with E-state index in [1.165, 1.54) is 18.3 Å². The van der Waals surface area contributed by atoms with Crippen molar-refractivity contribution in [2.24, 2.45) is 0 Å². The van der Waals surface area contributed by atoms with Crippen LogP contribution in [0.4, 0.5) is 14.5 Å². The molecule has 0 amide bonds. The fourth-order valence-electron chi connectivity index (χ4n) is 1.54. The summed E-state index contributed by atoms with van der Waals surface area (Å²) in [4.78, 5) is 3.98. The van der Waals surface area contributed by atoms with Crippen LogP contribution >= 0.6 is 0 Å². The van der Waals surface area contributed by atoms with Crippen LogP contribution in [0, 0.1) is 18.6 Å². The molecule has 0 aliphatic heterocycles. The maximum atomic E-state index is 13.4. The fourth-order valence-corrected chi connectivity index (χ4v) is 1.54. The van der Waals surface area contributed by atoms with Crippen molar-refractivity contribution < 1.29 is 13.5 Å². The van der Waals surface area contributed by atoms with Gasteiger partial charge in [-0.2, -0.15) is 0 Å². The van der Waals surface area contributed by atoms with Gasteiger partial charge in [-0.05, 0) is 19.1 Å². The number of nitrogen functional groups attached to an aromatic ring is 1. The number of nitrogens with two attached hydrogens (primary N) is 1. The molecule has 2 N–H and O–H groups in total. The third-order valence-electron chi connectivity index (χ3n) is 2.45. The second kappa shape index (κ2) is 5.00. The molecule has 0 saturated heterocycles. The van der Waals surface area contributed by atoms with Gasteiger partial charge in [-0.15, -0.1) is 0 Å². The van der Waals surface area contributed by atoms with Crippen molar-refractivity contribution in [2.75, 3.05) is 5.73 Å². The van der Waals surface area contributed by atoms with E-state index in [2.05, 4.69) is 4.98 Å². The van der Waals surface area contributed by atoms with Gasteiger partial charge in [0.2, 0.25) is 5.88 Å². The number of ether oxygens (including phenoxy) is 1. The number of halogens is 2. The molecule has 94 valence electrons. The molecule has 0 aliphatic rings. The molecule has 5 heteroatoms. The monoisotopic (exact) mass is 250 g/mol. The quantitative estimate of drug-likeness (QED) is 0.911. The Bertz CT molecular complexity index is 573. The van der Waals surface area contributed by atoms with Gasteiger partial charge in [-0.1, -0.05) is 12.1 Å². The summed E-state index contributed by atoms with van der Waals surface area (Å²) in [6.45, 7) is 1.70. The number of benzene rings is 1. The number of anilines is 1. The van der Waals surface area contributed by atoms with Crippen molar-refractivity contribution in [1.29, 1.82) is 0 Å². The summed E-state index contributed by atoms with van der Waals surface area (Å²) in [7, 11) is 0. The smallest absolute Gasteiger partial charge is 0.216 e. The second-order valence-corrected chi connectivity index (χ2v) is 3.89. The van der Waals surface area contributed by atoms with E-state index in [1.807, 2.05) is 0 Å². The maximum Gasteiger partial charge on any atom is 0.216 e. The zero-order valence-corrected chi connectivity index (χ0v) is 9.78. The summed E-state index contributed by atoms with van der Waals surface area (Å²) in [5, 5.41) is 0. The number of aryl methyl sites for hydroxylation is 1. The molecule has 0 saturated carbocycles. The minimum absolute atomic E-state index is 0.0820. The molecule has 1 aromatic carbocycles. The van der Waals surface area contributed by atoms with Gasteiger partial charge >= 0.3 is 0 Å². The first-order chi connectivity index (χ1) is 8.58. The Kier molecular flexibility index (Phi) is 3.41. The Labute approximate surface area is 103 Å². The molecule has 0 bridgehead atoms. The Morgan fingerprint density at radius 3 is 2.83 bits per heavy atom. The first-order valence-corrected chi connectivity index (χ1v) is 5.35. The van der Waals surface area contributed by atoms with Crippen LogP contribution < -0.4 is 10.5 Å². The Hall–Kier alpha value is -2.17. The van der Waals surface area contributed by atoms with Crippen molar-refractivity contribution in [1.82, 2.24) is 4.98 Å². The van der Waals surface area contributed by atoms with Crippen LogP contribution in [0.3, 0.4) is 0 Å². The minimum Gasteiger partial charge on any atom is -0.472 e. The number of hydrogen-bond acceptors (Lipinski definition) is 3. The molecule has 1 heterocycles. The highest BCUT2D eigenvalue weighted by Gasteiger charge is 2.09. The van der Waals surface area contributed by atoms with Crippen LogP contribution in [0.5, 0.6) is 5.88 Å². The van der Waals surface area contributed by atoms with Crippen LogP contribution in [0.15, 0.2) is 30.5 Å². The first kappa shape index (κ1) is 12.3. The summed E-state index contributed by atoms with van der Waals surface area (Å²) in [6, 6.07) is 5.65. The summed E-state index contributed by atoms with van der Waals surface area (Å²) in [6.07, 6.45) is 1.45. The van der Waals surface area contributed by atoms with Crippen LogP contribution in [0.1, 0.15) is 11.1 Å². The van der Waals surface area contributed by atoms with Crippen LogP contribution in [-0.4, -0.2) is 4.98 Å². The molecule has 2 rings (SSSR count). The van der Waals surface area contributed by atoms with E-state index in [0.29, 0.717) is 11.6 Å². The first-order valence-electron chi connectivity index (χ1n) is 5.35. The lowest BCUT2D eigenvalue weighted by molar-refractivity contribution is 0.283. The van der Waals surface area contributed by atoms with Crippen molar-refractivity contribution in [3.05, 3.63) is 53.2 Å². The number of aromatic nitrogens is 1. The molecule has 0 unspecified atom stereocenters.